The molecule has 100 valence electrons. The molecule has 1 aliphatic carbocycles. The summed E-state index contributed by atoms with van der Waals surface area (Å²) in [7, 11) is 1.53. The smallest absolute Gasteiger partial charge is 0.224 e. The Morgan fingerprint density at radius 3 is 2.84 bits per heavy atom. The van der Waals surface area contributed by atoms with Gasteiger partial charge in [0.05, 0.1) is 12.7 Å². The molecule has 0 bridgehead atoms. The van der Waals surface area contributed by atoms with Gasteiger partial charge in [0, 0.05) is 6.42 Å². The van der Waals surface area contributed by atoms with Crippen LogP contribution in [-0.2, 0) is 4.79 Å². The third kappa shape index (κ3) is 3.25. The van der Waals surface area contributed by atoms with E-state index in [9.17, 15) is 4.79 Å². The monoisotopic (exact) mass is 258 g/mol. The highest BCUT2D eigenvalue weighted by atomic mass is 16.5. The number of benzene rings is 1. The number of nitriles is 1. The molecule has 0 atom stereocenters. The molecule has 0 saturated heterocycles. The number of para-hydroxylation sites is 1. The van der Waals surface area contributed by atoms with Crippen molar-refractivity contribution in [2.45, 2.75) is 32.1 Å². The Labute approximate surface area is 113 Å². The molecule has 4 heteroatoms. The summed E-state index contributed by atoms with van der Waals surface area (Å²) in [5.41, 5.74) is 0.912. The molecular weight excluding hydrogens is 240 g/mol. The maximum atomic E-state index is 12.0. The number of carbonyl (C=O) groups excluding carboxylic acids is 1. The molecule has 0 heterocycles. The van der Waals surface area contributed by atoms with Crippen LogP contribution in [0.3, 0.4) is 0 Å². The predicted molar refractivity (Wildman–Crippen MR) is 72.9 cm³/mol. The van der Waals surface area contributed by atoms with Gasteiger partial charge in [0.1, 0.15) is 17.5 Å². The first-order chi connectivity index (χ1) is 9.24. The topological polar surface area (TPSA) is 62.1 Å². The van der Waals surface area contributed by atoms with Gasteiger partial charge in [-0.2, -0.15) is 5.26 Å². The van der Waals surface area contributed by atoms with Crippen molar-refractivity contribution >= 4 is 11.6 Å². The Kier molecular flexibility index (Phi) is 4.40. The Balaban J connectivity index is 2.09. The fraction of sp³-hybridized carbons (Fsp3) is 0.467. The first kappa shape index (κ1) is 13.4. The van der Waals surface area contributed by atoms with Gasteiger partial charge in [-0.3, -0.25) is 4.79 Å². The molecule has 0 radical (unpaired) electrons. The lowest BCUT2D eigenvalue weighted by Gasteiger charge is -2.13. The summed E-state index contributed by atoms with van der Waals surface area (Å²) >= 11 is 0. The molecule has 0 aliphatic heterocycles. The number of nitrogens with one attached hydrogen (secondary N) is 1. The first-order valence-electron chi connectivity index (χ1n) is 6.61. The first-order valence-corrected chi connectivity index (χ1v) is 6.61. The number of anilines is 1. The number of methoxy groups -OCH3 is 1. The van der Waals surface area contributed by atoms with Crippen molar-refractivity contribution in [1.82, 2.24) is 0 Å². The number of nitrogens with zero attached hydrogens (tertiary/aromatic N) is 1. The minimum atomic E-state index is -0.0344. The number of carbonyl (C=O) groups is 1. The predicted octanol–water partition coefficient (Wildman–Crippen LogP) is 3.09. The SMILES string of the molecule is COc1cccc(C#N)c1NC(=O)CC1CCCC1. The summed E-state index contributed by atoms with van der Waals surface area (Å²) in [5, 5.41) is 11.9. The second-order valence-electron chi connectivity index (χ2n) is 4.90. The molecule has 1 saturated carbocycles. The minimum absolute atomic E-state index is 0.0344. The maximum absolute atomic E-state index is 12.0. The quantitative estimate of drug-likeness (QED) is 0.902. The van der Waals surface area contributed by atoms with E-state index < -0.39 is 0 Å². The Morgan fingerprint density at radius 1 is 1.47 bits per heavy atom. The fourth-order valence-electron chi connectivity index (χ4n) is 2.59. The highest BCUT2D eigenvalue weighted by molar-refractivity contribution is 5.94. The van der Waals surface area contributed by atoms with Crippen LogP contribution >= 0.6 is 0 Å². The second-order valence-corrected chi connectivity index (χ2v) is 4.90. The molecule has 1 aliphatic rings. The molecule has 1 aromatic rings. The van der Waals surface area contributed by atoms with E-state index in [4.69, 9.17) is 10.00 Å². The van der Waals surface area contributed by atoms with E-state index in [1.807, 2.05) is 0 Å². The van der Waals surface area contributed by atoms with Gasteiger partial charge in [-0.05, 0) is 30.9 Å². The highest BCUT2D eigenvalue weighted by Gasteiger charge is 2.20. The van der Waals surface area contributed by atoms with Crippen LogP contribution in [0.1, 0.15) is 37.7 Å². The van der Waals surface area contributed by atoms with Crippen molar-refractivity contribution < 1.29 is 9.53 Å². The lowest BCUT2D eigenvalue weighted by Crippen LogP contribution is -2.16. The van der Waals surface area contributed by atoms with E-state index in [-0.39, 0.29) is 5.91 Å². The Bertz CT molecular complexity index is 499. The molecule has 0 spiro atoms. The molecule has 0 aromatic heterocycles. The molecule has 0 unspecified atom stereocenters. The normalized spacial score (nSPS) is 14.9. The standard InChI is InChI=1S/C15H18N2O2/c1-19-13-8-4-7-12(10-16)15(13)17-14(18)9-11-5-2-3-6-11/h4,7-8,11H,2-3,5-6,9H2,1H3,(H,17,18). The van der Waals surface area contributed by atoms with Crippen molar-refractivity contribution in [3.05, 3.63) is 23.8 Å². The highest BCUT2D eigenvalue weighted by Crippen LogP contribution is 2.30. The van der Waals surface area contributed by atoms with Crippen molar-refractivity contribution in [2.24, 2.45) is 5.92 Å². The van der Waals surface area contributed by atoms with Gasteiger partial charge in [-0.15, -0.1) is 0 Å². The van der Waals surface area contributed by atoms with Crippen molar-refractivity contribution in [2.75, 3.05) is 12.4 Å². The summed E-state index contributed by atoms with van der Waals surface area (Å²) in [4.78, 5) is 12.0. The average molecular weight is 258 g/mol. The zero-order valence-corrected chi connectivity index (χ0v) is 11.1. The largest absolute Gasteiger partial charge is 0.495 e. The van der Waals surface area contributed by atoms with Crippen LogP contribution < -0.4 is 10.1 Å². The van der Waals surface area contributed by atoms with E-state index in [1.165, 1.54) is 20.0 Å². The van der Waals surface area contributed by atoms with Crippen LogP contribution in [0, 0.1) is 17.2 Å². The van der Waals surface area contributed by atoms with Gasteiger partial charge in [0.2, 0.25) is 5.91 Å². The summed E-state index contributed by atoms with van der Waals surface area (Å²) < 4.78 is 5.19. The Morgan fingerprint density at radius 2 is 2.21 bits per heavy atom. The lowest BCUT2D eigenvalue weighted by molar-refractivity contribution is -0.117. The van der Waals surface area contributed by atoms with Crippen LogP contribution in [0.5, 0.6) is 5.75 Å². The van der Waals surface area contributed by atoms with Gasteiger partial charge in [-0.1, -0.05) is 18.9 Å². The molecule has 4 nitrogen and oxygen atoms in total. The van der Waals surface area contributed by atoms with E-state index in [0.29, 0.717) is 29.3 Å². The Hall–Kier alpha value is -2.02. The fourth-order valence-corrected chi connectivity index (χ4v) is 2.59. The molecule has 1 fully saturated rings. The lowest BCUT2D eigenvalue weighted by atomic mass is 10.0. The van der Waals surface area contributed by atoms with E-state index in [0.717, 1.165) is 12.8 Å². The minimum Gasteiger partial charge on any atom is -0.495 e. The zero-order chi connectivity index (χ0) is 13.7. The summed E-state index contributed by atoms with van der Waals surface area (Å²) in [6, 6.07) is 7.23. The average Bonchev–Trinajstić information content (AvgIpc) is 2.91. The second kappa shape index (κ2) is 6.24. The van der Waals surface area contributed by atoms with Gasteiger partial charge in [-0.25, -0.2) is 0 Å². The summed E-state index contributed by atoms with van der Waals surface area (Å²) in [6.45, 7) is 0. The zero-order valence-electron chi connectivity index (χ0n) is 11.1. The van der Waals surface area contributed by atoms with Gasteiger partial charge in [0.25, 0.3) is 0 Å². The summed E-state index contributed by atoms with van der Waals surface area (Å²) in [6.07, 6.45) is 5.23. The number of ether oxygens (including phenoxy) is 1. The molecule has 19 heavy (non-hydrogen) atoms. The van der Waals surface area contributed by atoms with E-state index >= 15 is 0 Å². The number of amides is 1. The molecule has 1 amide bonds. The van der Waals surface area contributed by atoms with Gasteiger partial charge >= 0.3 is 0 Å². The third-order valence-corrected chi connectivity index (χ3v) is 3.58. The maximum Gasteiger partial charge on any atom is 0.224 e. The van der Waals surface area contributed by atoms with Crippen LogP contribution in [-0.4, -0.2) is 13.0 Å². The molecule has 1 N–H and O–H groups in total. The van der Waals surface area contributed by atoms with Crippen LogP contribution in [0.15, 0.2) is 18.2 Å². The van der Waals surface area contributed by atoms with E-state index in [2.05, 4.69) is 11.4 Å². The van der Waals surface area contributed by atoms with Gasteiger partial charge < -0.3 is 10.1 Å². The van der Waals surface area contributed by atoms with Gasteiger partial charge in [0.15, 0.2) is 0 Å². The number of hydrogen-bond acceptors (Lipinski definition) is 3. The number of hydrogen-bond donors (Lipinski definition) is 1. The molecule has 1 aromatic carbocycles. The van der Waals surface area contributed by atoms with Crippen LogP contribution in [0.4, 0.5) is 5.69 Å². The van der Waals surface area contributed by atoms with Crippen molar-refractivity contribution in [3.63, 3.8) is 0 Å². The third-order valence-electron chi connectivity index (χ3n) is 3.58. The van der Waals surface area contributed by atoms with Crippen molar-refractivity contribution in [1.29, 1.82) is 5.26 Å². The van der Waals surface area contributed by atoms with Crippen LogP contribution in [0.2, 0.25) is 0 Å². The molecule has 2 rings (SSSR count). The molecular formula is C15H18N2O2. The van der Waals surface area contributed by atoms with Crippen LogP contribution in [0.25, 0.3) is 0 Å². The van der Waals surface area contributed by atoms with E-state index in [1.54, 1.807) is 18.2 Å². The summed E-state index contributed by atoms with van der Waals surface area (Å²) in [5.74, 6) is 0.979. The number of rotatable bonds is 4. The van der Waals surface area contributed by atoms with Crippen molar-refractivity contribution in [3.8, 4) is 11.8 Å².